The van der Waals surface area contributed by atoms with Crippen LogP contribution >= 0.6 is 0 Å². The van der Waals surface area contributed by atoms with Crippen LogP contribution in [0.4, 0.5) is 5.82 Å². The fourth-order valence-electron chi connectivity index (χ4n) is 3.05. The molecule has 0 bridgehead atoms. The van der Waals surface area contributed by atoms with Crippen molar-refractivity contribution >= 4 is 11.7 Å². The molecule has 24 heavy (non-hydrogen) atoms. The van der Waals surface area contributed by atoms with E-state index in [-0.39, 0.29) is 11.9 Å². The van der Waals surface area contributed by atoms with E-state index in [1.165, 1.54) is 30.4 Å². The number of nitrogens with one attached hydrogen (secondary N) is 2. The standard InChI is InChI=1S/C19H24N4O/c1-14-7-5-6-8-15(14)13-20-18-12-11-17(22-23-18)19(24)21-16-9-3-2-4-10-16/h5-8,11-12,16H,2-4,9-10,13H2,1H3,(H,20,23)(H,21,24). The molecule has 1 saturated carbocycles. The number of nitrogens with zero attached hydrogens (tertiary/aromatic N) is 2. The SMILES string of the molecule is Cc1ccccc1CNc1ccc(C(=O)NC2CCCCC2)nn1. The Morgan fingerprint density at radius 3 is 2.58 bits per heavy atom. The third-order valence-corrected chi connectivity index (χ3v) is 4.56. The van der Waals surface area contributed by atoms with Crippen LogP contribution in [0.5, 0.6) is 0 Å². The number of amides is 1. The highest BCUT2D eigenvalue weighted by molar-refractivity contribution is 5.92. The highest BCUT2D eigenvalue weighted by atomic mass is 16.2. The molecule has 0 saturated heterocycles. The van der Waals surface area contributed by atoms with E-state index in [0.717, 1.165) is 12.8 Å². The van der Waals surface area contributed by atoms with Gasteiger partial charge in [-0.2, -0.15) is 0 Å². The van der Waals surface area contributed by atoms with Crippen LogP contribution in [-0.4, -0.2) is 22.1 Å². The van der Waals surface area contributed by atoms with Crippen molar-refractivity contribution in [1.82, 2.24) is 15.5 Å². The van der Waals surface area contributed by atoms with Crippen LogP contribution in [0, 0.1) is 6.92 Å². The van der Waals surface area contributed by atoms with E-state index < -0.39 is 0 Å². The molecule has 1 aromatic carbocycles. The van der Waals surface area contributed by atoms with Gasteiger partial charge in [-0.05, 0) is 43.0 Å². The lowest BCUT2D eigenvalue weighted by Crippen LogP contribution is -2.36. The van der Waals surface area contributed by atoms with Crippen molar-refractivity contribution in [3.63, 3.8) is 0 Å². The van der Waals surface area contributed by atoms with Crippen LogP contribution in [0.3, 0.4) is 0 Å². The Hall–Kier alpha value is -2.43. The molecule has 5 heteroatoms. The van der Waals surface area contributed by atoms with Crippen LogP contribution < -0.4 is 10.6 Å². The topological polar surface area (TPSA) is 66.9 Å². The van der Waals surface area contributed by atoms with E-state index in [0.29, 0.717) is 18.1 Å². The monoisotopic (exact) mass is 324 g/mol. The fraction of sp³-hybridized carbons (Fsp3) is 0.421. The minimum absolute atomic E-state index is 0.125. The van der Waals surface area contributed by atoms with Gasteiger partial charge in [-0.3, -0.25) is 4.79 Å². The minimum Gasteiger partial charge on any atom is -0.364 e. The maximum absolute atomic E-state index is 12.2. The molecule has 3 rings (SSSR count). The summed E-state index contributed by atoms with van der Waals surface area (Å²) in [7, 11) is 0. The highest BCUT2D eigenvalue weighted by Gasteiger charge is 2.17. The molecule has 1 amide bonds. The summed E-state index contributed by atoms with van der Waals surface area (Å²) in [6.07, 6.45) is 5.79. The Balaban J connectivity index is 1.54. The van der Waals surface area contributed by atoms with Gasteiger partial charge in [0.1, 0.15) is 5.82 Å². The average molecular weight is 324 g/mol. The van der Waals surface area contributed by atoms with Crippen molar-refractivity contribution in [1.29, 1.82) is 0 Å². The Morgan fingerprint density at radius 1 is 1.08 bits per heavy atom. The number of aryl methyl sites for hydroxylation is 1. The Bertz CT molecular complexity index is 678. The summed E-state index contributed by atoms with van der Waals surface area (Å²) >= 11 is 0. The first-order valence-electron chi connectivity index (χ1n) is 8.65. The third kappa shape index (κ3) is 4.31. The van der Waals surface area contributed by atoms with Crippen molar-refractivity contribution in [3.8, 4) is 0 Å². The summed E-state index contributed by atoms with van der Waals surface area (Å²) < 4.78 is 0. The van der Waals surface area contributed by atoms with E-state index in [1.54, 1.807) is 12.1 Å². The predicted octanol–water partition coefficient (Wildman–Crippen LogP) is 3.46. The number of hydrogen-bond acceptors (Lipinski definition) is 4. The van der Waals surface area contributed by atoms with Crippen LogP contribution in [-0.2, 0) is 6.54 Å². The molecule has 5 nitrogen and oxygen atoms in total. The Morgan fingerprint density at radius 2 is 1.88 bits per heavy atom. The van der Waals surface area contributed by atoms with Gasteiger partial charge >= 0.3 is 0 Å². The largest absolute Gasteiger partial charge is 0.364 e. The number of benzene rings is 1. The van der Waals surface area contributed by atoms with Gasteiger partial charge in [0, 0.05) is 12.6 Å². The molecule has 1 aliphatic rings. The molecule has 126 valence electrons. The van der Waals surface area contributed by atoms with Crippen LogP contribution in [0.15, 0.2) is 36.4 Å². The second-order valence-corrected chi connectivity index (χ2v) is 6.39. The lowest BCUT2D eigenvalue weighted by atomic mass is 9.95. The summed E-state index contributed by atoms with van der Waals surface area (Å²) in [4.78, 5) is 12.2. The first-order chi connectivity index (χ1) is 11.7. The van der Waals surface area contributed by atoms with Crippen molar-refractivity contribution in [2.24, 2.45) is 0 Å². The van der Waals surface area contributed by atoms with Gasteiger partial charge < -0.3 is 10.6 Å². The van der Waals surface area contributed by atoms with Crippen molar-refractivity contribution < 1.29 is 4.79 Å². The molecule has 1 aromatic heterocycles. The molecule has 1 aliphatic carbocycles. The lowest BCUT2D eigenvalue weighted by Gasteiger charge is -2.22. The molecule has 0 spiro atoms. The molecule has 2 aromatic rings. The smallest absolute Gasteiger partial charge is 0.272 e. The van der Waals surface area contributed by atoms with Gasteiger partial charge in [0.05, 0.1) is 0 Å². The number of carbonyl (C=O) groups excluding carboxylic acids is 1. The molecule has 0 aliphatic heterocycles. The van der Waals surface area contributed by atoms with Crippen molar-refractivity contribution in [3.05, 3.63) is 53.2 Å². The summed E-state index contributed by atoms with van der Waals surface area (Å²) in [5.41, 5.74) is 2.84. The maximum Gasteiger partial charge on any atom is 0.272 e. The molecule has 1 fully saturated rings. The summed E-state index contributed by atoms with van der Waals surface area (Å²) in [6, 6.07) is 12.0. The van der Waals surface area contributed by atoms with Crippen molar-refractivity contribution in [2.45, 2.75) is 51.6 Å². The zero-order valence-electron chi connectivity index (χ0n) is 14.1. The summed E-state index contributed by atoms with van der Waals surface area (Å²) in [5.74, 6) is 0.548. The summed E-state index contributed by atoms with van der Waals surface area (Å²) in [6.45, 7) is 2.77. The van der Waals surface area contributed by atoms with Gasteiger partial charge in [0.25, 0.3) is 5.91 Å². The normalized spacial score (nSPS) is 15.0. The molecule has 0 atom stereocenters. The van der Waals surface area contributed by atoms with E-state index in [2.05, 4.69) is 39.9 Å². The lowest BCUT2D eigenvalue weighted by molar-refractivity contribution is 0.0921. The van der Waals surface area contributed by atoms with Crippen molar-refractivity contribution in [2.75, 3.05) is 5.32 Å². The molecular formula is C19H24N4O. The van der Waals surface area contributed by atoms with Crippen LogP contribution in [0.25, 0.3) is 0 Å². The second kappa shape index (κ2) is 7.90. The summed E-state index contributed by atoms with van der Waals surface area (Å²) in [5, 5.41) is 14.5. The van der Waals surface area contributed by atoms with E-state index in [4.69, 9.17) is 0 Å². The number of aromatic nitrogens is 2. The molecule has 0 unspecified atom stereocenters. The molecule has 0 radical (unpaired) electrons. The number of hydrogen-bond donors (Lipinski definition) is 2. The minimum atomic E-state index is -0.125. The Labute approximate surface area is 142 Å². The molecule has 2 N–H and O–H groups in total. The van der Waals surface area contributed by atoms with Gasteiger partial charge in [-0.1, -0.05) is 43.5 Å². The van der Waals surface area contributed by atoms with Gasteiger partial charge in [-0.15, -0.1) is 10.2 Å². The first kappa shape index (κ1) is 16.4. The molecular weight excluding hydrogens is 300 g/mol. The van der Waals surface area contributed by atoms with Gasteiger partial charge in [-0.25, -0.2) is 0 Å². The number of anilines is 1. The highest BCUT2D eigenvalue weighted by Crippen LogP contribution is 2.17. The quantitative estimate of drug-likeness (QED) is 0.884. The number of rotatable bonds is 5. The predicted molar refractivity (Wildman–Crippen MR) is 94.9 cm³/mol. The Kier molecular flexibility index (Phi) is 5.41. The zero-order valence-corrected chi connectivity index (χ0v) is 14.1. The number of carbonyl (C=O) groups is 1. The van der Waals surface area contributed by atoms with E-state index >= 15 is 0 Å². The fourth-order valence-corrected chi connectivity index (χ4v) is 3.05. The molecule has 1 heterocycles. The second-order valence-electron chi connectivity index (χ2n) is 6.39. The zero-order chi connectivity index (χ0) is 16.8. The van der Waals surface area contributed by atoms with E-state index in [1.807, 2.05) is 12.1 Å². The van der Waals surface area contributed by atoms with Crippen LogP contribution in [0.2, 0.25) is 0 Å². The van der Waals surface area contributed by atoms with Crippen LogP contribution in [0.1, 0.15) is 53.7 Å². The first-order valence-corrected chi connectivity index (χ1v) is 8.65. The maximum atomic E-state index is 12.2. The van der Waals surface area contributed by atoms with E-state index in [9.17, 15) is 4.79 Å². The average Bonchev–Trinajstić information content (AvgIpc) is 2.62. The van der Waals surface area contributed by atoms with Gasteiger partial charge in [0.15, 0.2) is 5.69 Å². The van der Waals surface area contributed by atoms with Gasteiger partial charge in [0.2, 0.25) is 0 Å². The third-order valence-electron chi connectivity index (χ3n) is 4.56.